The molecular formula is C28H28FN3O2S2. The average molecular weight is 522 g/mol. The van der Waals surface area contributed by atoms with E-state index in [0.29, 0.717) is 17.2 Å². The number of nitrogens with zero attached hydrogens (tertiary/aromatic N) is 2. The van der Waals surface area contributed by atoms with Gasteiger partial charge in [-0.3, -0.25) is 9.59 Å². The molecule has 1 unspecified atom stereocenters. The predicted molar refractivity (Wildman–Crippen MR) is 145 cm³/mol. The molecule has 0 spiro atoms. The SMILES string of the molecule is CCN(C)C(=O)c1ccc(-c2ccc([C@@H](c3cccc(F)c3)C(C)C(=O)Nc3ncc(C)s3)s2)cc1. The van der Waals surface area contributed by atoms with Crippen molar-refractivity contribution in [3.8, 4) is 10.4 Å². The molecule has 0 bridgehead atoms. The van der Waals surface area contributed by atoms with E-state index in [0.717, 1.165) is 25.8 Å². The van der Waals surface area contributed by atoms with Crippen molar-refractivity contribution >= 4 is 39.6 Å². The lowest BCUT2D eigenvalue weighted by Gasteiger charge is -2.22. The molecular weight excluding hydrogens is 493 g/mol. The Balaban J connectivity index is 1.63. The molecule has 0 fully saturated rings. The van der Waals surface area contributed by atoms with E-state index in [2.05, 4.69) is 10.3 Å². The zero-order chi connectivity index (χ0) is 25.8. The maximum atomic E-state index is 14.2. The molecule has 0 radical (unpaired) electrons. The summed E-state index contributed by atoms with van der Waals surface area (Å²) in [6, 6.07) is 18.0. The first-order chi connectivity index (χ1) is 17.3. The third-order valence-corrected chi connectivity index (χ3v) is 8.19. The molecule has 1 N–H and O–H groups in total. The molecule has 4 rings (SSSR count). The minimum Gasteiger partial charge on any atom is -0.342 e. The van der Waals surface area contributed by atoms with Gasteiger partial charge in [-0.15, -0.1) is 22.7 Å². The van der Waals surface area contributed by atoms with Crippen molar-refractivity contribution in [2.75, 3.05) is 18.9 Å². The van der Waals surface area contributed by atoms with Crippen molar-refractivity contribution in [1.29, 1.82) is 0 Å². The average Bonchev–Trinajstić information content (AvgIpc) is 3.52. The molecule has 8 heteroatoms. The van der Waals surface area contributed by atoms with E-state index in [-0.39, 0.29) is 23.5 Å². The number of thiophene rings is 1. The highest BCUT2D eigenvalue weighted by Crippen LogP contribution is 2.40. The van der Waals surface area contributed by atoms with Crippen LogP contribution in [0.5, 0.6) is 0 Å². The number of nitrogens with one attached hydrogen (secondary N) is 1. The van der Waals surface area contributed by atoms with Gasteiger partial charge < -0.3 is 10.2 Å². The first-order valence-corrected chi connectivity index (χ1v) is 13.3. The highest BCUT2D eigenvalue weighted by Gasteiger charge is 2.29. The van der Waals surface area contributed by atoms with Gasteiger partial charge in [-0.25, -0.2) is 9.37 Å². The summed E-state index contributed by atoms with van der Waals surface area (Å²) in [7, 11) is 1.78. The predicted octanol–water partition coefficient (Wildman–Crippen LogP) is 6.82. The Bertz CT molecular complexity index is 1360. The number of aryl methyl sites for hydroxylation is 1. The van der Waals surface area contributed by atoms with Crippen LogP contribution in [0.2, 0.25) is 0 Å². The molecule has 2 aromatic heterocycles. The fraction of sp³-hybridized carbons (Fsp3) is 0.250. The second-order valence-corrected chi connectivity index (χ2v) is 11.0. The van der Waals surface area contributed by atoms with Crippen LogP contribution in [0.25, 0.3) is 10.4 Å². The van der Waals surface area contributed by atoms with Crippen molar-refractivity contribution in [3.05, 3.63) is 93.6 Å². The number of thiazole rings is 1. The van der Waals surface area contributed by atoms with Crippen molar-refractivity contribution in [2.24, 2.45) is 5.92 Å². The topological polar surface area (TPSA) is 62.3 Å². The lowest BCUT2D eigenvalue weighted by atomic mass is 9.85. The first kappa shape index (κ1) is 25.7. The summed E-state index contributed by atoms with van der Waals surface area (Å²) < 4.78 is 14.2. The second-order valence-electron chi connectivity index (χ2n) is 8.69. The largest absolute Gasteiger partial charge is 0.342 e. The van der Waals surface area contributed by atoms with Gasteiger partial charge in [0.15, 0.2) is 5.13 Å². The van der Waals surface area contributed by atoms with Crippen molar-refractivity contribution < 1.29 is 14.0 Å². The standard InChI is InChI=1S/C28H28FN3O2S2/c1-5-32(4)27(34)20-11-9-19(10-12-20)23-13-14-24(36-23)25(21-7-6-8-22(29)15-21)18(3)26(33)31-28-30-16-17(2)35-28/h6-16,18,25H,5H2,1-4H3,(H,30,31,33)/t18?,25-/m1/s1. The fourth-order valence-corrected chi connectivity index (χ4v) is 5.91. The van der Waals surface area contributed by atoms with Gasteiger partial charge in [0.1, 0.15) is 5.82 Å². The van der Waals surface area contributed by atoms with Gasteiger partial charge in [-0.1, -0.05) is 31.2 Å². The van der Waals surface area contributed by atoms with Crippen LogP contribution in [0.4, 0.5) is 9.52 Å². The molecule has 4 aromatic rings. The number of amides is 2. The van der Waals surface area contributed by atoms with Gasteiger partial charge in [0.25, 0.3) is 5.91 Å². The van der Waals surface area contributed by atoms with Crippen LogP contribution in [0.3, 0.4) is 0 Å². The van der Waals surface area contributed by atoms with Gasteiger partial charge in [-0.05, 0) is 61.4 Å². The first-order valence-electron chi connectivity index (χ1n) is 11.7. The van der Waals surface area contributed by atoms with Gasteiger partial charge in [0.2, 0.25) is 5.91 Å². The number of hydrogen-bond donors (Lipinski definition) is 1. The molecule has 2 aromatic carbocycles. The molecule has 0 saturated carbocycles. The Labute approximate surface area is 218 Å². The molecule has 5 nitrogen and oxygen atoms in total. The second kappa shape index (κ2) is 11.1. The quantitative estimate of drug-likeness (QED) is 0.277. The van der Waals surface area contributed by atoms with Crippen molar-refractivity contribution in [1.82, 2.24) is 9.88 Å². The molecule has 2 atom stereocenters. The van der Waals surface area contributed by atoms with E-state index < -0.39 is 5.92 Å². The van der Waals surface area contributed by atoms with Crippen LogP contribution in [0.1, 0.15) is 45.4 Å². The Morgan fingerprint density at radius 3 is 2.47 bits per heavy atom. The molecule has 0 saturated heterocycles. The molecule has 0 aliphatic carbocycles. The number of carbonyl (C=O) groups excluding carboxylic acids is 2. The number of halogens is 1. The fourth-order valence-electron chi connectivity index (χ4n) is 4.00. The molecule has 0 aliphatic heterocycles. The summed E-state index contributed by atoms with van der Waals surface area (Å²) in [6.45, 7) is 6.37. The number of carbonyl (C=O) groups is 2. The van der Waals surface area contributed by atoms with Crippen LogP contribution >= 0.6 is 22.7 Å². The van der Waals surface area contributed by atoms with E-state index in [1.165, 1.54) is 23.5 Å². The summed E-state index contributed by atoms with van der Waals surface area (Å²) in [4.78, 5) is 34.5. The molecule has 36 heavy (non-hydrogen) atoms. The Morgan fingerprint density at radius 1 is 1.08 bits per heavy atom. The lowest BCUT2D eigenvalue weighted by Crippen LogP contribution is -2.26. The third-order valence-electron chi connectivity index (χ3n) is 6.14. The van der Waals surface area contributed by atoms with Crippen LogP contribution in [-0.4, -0.2) is 35.3 Å². The summed E-state index contributed by atoms with van der Waals surface area (Å²) in [5.74, 6) is -1.32. The normalized spacial score (nSPS) is 12.7. The minimum atomic E-state index is -0.466. The lowest BCUT2D eigenvalue weighted by molar-refractivity contribution is -0.119. The van der Waals surface area contributed by atoms with Crippen molar-refractivity contribution in [2.45, 2.75) is 26.7 Å². The molecule has 2 amide bonds. The monoisotopic (exact) mass is 521 g/mol. The number of anilines is 1. The molecule has 186 valence electrons. The van der Waals surface area contributed by atoms with Crippen LogP contribution in [-0.2, 0) is 4.79 Å². The van der Waals surface area contributed by atoms with Crippen LogP contribution in [0.15, 0.2) is 66.9 Å². The number of aromatic nitrogens is 1. The van der Waals surface area contributed by atoms with Crippen molar-refractivity contribution in [3.63, 3.8) is 0 Å². The van der Waals surface area contributed by atoms with Crippen LogP contribution < -0.4 is 5.32 Å². The van der Waals surface area contributed by atoms with Gasteiger partial charge >= 0.3 is 0 Å². The van der Waals surface area contributed by atoms with Gasteiger partial charge in [0.05, 0.1) is 0 Å². The van der Waals surface area contributed by atoms with E-state index in [1.54, 1.807) is 35.5 Å². The minimum absolute atomic E-state index is 0.0163. The summed E-state index contributed by atoms with van der Waals surface area (Å²) in [6.07, 6.45) is 1.72. The van der Waals surface area contributed by atoms with Crippen LogP contribution in [0, 0.1) is 18.7 Å². The zero-order valence-corrected chi connectivity index (χ0v) is 22.3. The summed E-state index contributed by atoms with van der Waals surface area (Å²) in [5, 5.41) is 3.46. The van der Waals surface area contributed by atoms with Gasteiger partial charge in [-0.2, -0.15) is 0 Å². The summed E-state index contributed by atoms with van der Waals surface area (Å²) in [5.41, 5.74) is 2.36. The van der Waals surface area contributed by atoms with Gasteiger partial charge in [0, 0.05) is 51.8 Å². The Kier molecular flexibility index (Phi) is 7.96. The maximum Gasteiger partial charge on any atom is 0.253 e. The molecule has 2 heterocycles. The highest BCUT2D eigenvalue weighted by atomic mass is 32.1. The van der Waals surface area contributed by atoms with E-state index in [9.17, 15) is 14.0 Å². The van der Waals surface area contributed by atoms with E-state index in [1.807, 2.05) is 63.2 Å². The van der Waals surface area contributed by atoms with E-state index >= 15 is 0 Å². The Morgan fingerprint density at radius 2 is 1.83 bits per heavy atom. The third kappa shape index (κ3) is 5.71. The number of benzene rings is 2. The van der Waals surface area contributed by atoms with E-state index in [4.69, 9.17) is 0 Å². The zero-order valence-electron chi connectivity index (χ0n) is 20.6. The molecule has 0 aliphatic rings. The highest BCUT2D eigenvalue weighted by molar-refractivity contribution is 7.16. The summed E-state index contributed by atoms with van der Waals surface area (Å²) >= 11 is 2.98. The maximum absolute atomic E-state index is 14.2. The Hall–Kier alpha value is -3.36. The number of hydrogen-bond acceptors (Lipinski definition) is 5. The smallest absolute Gasteiger partial charge is 0.253 e. The number of rotatable bonds is 8.